The maximum Gasteiger partial charge on any atom is 0.212 e. The molecule has 0 saturated heterocycles. The zero-order valence-corrected chi connectivity index (χ0v) is 14.0. The molecule has 1 aliphatic carbocycles. The summed E-state index contributed by atoms with van der Waals surface area (Å²) >= 11 is 2.26. The number of anilines is 1. The first-order valence-electron chi connectivity index (χ1n) is 7.02. The van der Waals surface area contributed by atoms with Crippen molar-refractivity contribution in [3.63, 3.8) is 0 Å². The lowest BCUT2D eigenvalue weighted by atomic mass is 10.0. The molecule has 5 nitrogen and oxygen atoms in total. The fourth-order valence-electron chi connectivity index (χ4n) is 2.71. The maximum atomic E-state index is 6.08. The van der Waals surface area contributed by atoms with Crippen molar-refractivity contribution in [2.75, 3.05) is 12.8 Å². The lowest BCUT2D eigenvalue weighted by molar-refractivity contribution is 0.398. The summed E-state index contributed by atoms with van der Waals surface area (Å²) in [6, 6.07) is 3.72. The minimum absolute atomic E-state index is 0.507. The van der Waals surface area contributed by atoms with Gasteiger partial charge in [0.1, 0.15) is 5.82 Å². The zero-order chi connectivity index (χ0) is 14.8. The molecule has 3 rings (SSSR count). The molecule has 6 heteroatoms. The highest BCUT2D eigenvalue weighted by Gasteiger charge is 2.23. The highest BCUT2D eigenvalue weighted by atomic mass is 127. The summed E-state index contributed by atoms with van der Waals surface area (Å²) in [6.07, 6.45) is 6.63. The Kier molecular flexibility index (Phi) is 4.23. The molecule has 2 aromatic rings. The molecular formula is C15H17IN4O. The second-order valence-electron chi connectivity index (χ2n) is 5.20. The number of nitrogens with two attached hydrogens (primary N) is 1. The number of hydrogen-bond acceptors (Lipinski definition) is 5. The summed E-state index contributed by atoms with van der Waals surface area (Å²) in [5, 5.41) is 0. The van der Waals surface area contributed by atoms with Crippen LogP contribution in [0.15, 0.2) is 18.3 Å². The number of halogens is 1. The second-order valence-corrected chi connectivity index (χ2v) is 6.28. The largest absolute Gasteiger partial charge is 0.481 e. The average Bonchev–Trinajstić information content (AvgIpc) is 3.04. The number of nitrogen functional groups attached to an aromatic ring is 1. The predicted octanol–water partition coefficient (Wildman–Crippen LogP) is 3.39. The second kappa shape index (κ2) is 6.13. The highest BCUT2D eigenvalue weighted by molar-refractivity contribution is 14.1. The highest BCUT2D eigenvalue weighted by Crippen LogP contribution is 2.37. The molecule has 2 aromatic heterocycles. The molecule has 0 aromatic carbocycles. The maximum absolute atomic E-state index is 6.08. The minimum atomic E-state index is 0.507. The molecule has 0 radical (unpaired) electrons. The van der Waals surface area contributed by atoms with Crippen LogP contribution in [0.1, 0.15) is 37.3 Å². The summed E-state index contributed by atoms with van der Waals surface area (Å²) in [5.41, 5.74) is 8.03. The van der Waals surface area contributed by atoms with Crippen LogP contribution >= 0.6 is 22.6 Å². The first kappa shape index (κ1) is 14.5. The molecule has 0 spiro atoms. The van der Waals surface area contributed by atoms with Gasteiger partial charge in [-0.25, -0.2) is 15.0 Å². The van der Waals surface area contributed by atoms with Crippen LogP contribution in [-0.2, 0) is 0 Å². The summed E-state index contributed by atoms with van der Waals surface area (Å²) < 4.78 is 6.07. The van der Waals surface area contributed by atoms with Gasteiger partial charge in [0.2, 0.25) is 5.88 Å². The van der Waals surface area contributed by atoms with Gasteiger partial charge in [-0.05, 0) is 41.5 Å². The summed E-state index contributed by atoms with van der Waals surface area (Å²) in [5.74, 6) is 2.28. The molecule has 0 atom stereocenters. The van der Waals surface area contributed by atoms with E-state index in [0.717, 1.165) is 14.8 Å². The van der Waals surface area contributed by atoms with E-state index in [9.17, 15) is 0 Å². The van der Waals surface area contributed by atoms with Gasteiger partial charge in [-0.15, -0.1) is 0 Å². The van der Waals surface area contributed by atoms with Crippen molar-refractivity contribution in [3.8, 4) is 17.3 Å². The van der Waals surface area contributed by atoms with E-state index in [2.05, 4.69) is 32.6 Å². The monoisotopic (exact) mass is 396 g/mol. The molecule has 0 aliphatic heterocycles. The van der Waals surface area contributed by atoms with E-state index in [1.165, 1.54) is 25.7 Å². The Morgan fingerprint density at radius 1 is 1.24 bits per heavy atom. The number of rotatable bonds is 3. The van der Waals surface area contributed by atoms with Crippen molar-refractivity contribution in [1.29, 1.82) is 0 Å². The number of hydrogen-bond donors (Lipinski definition) is 1. The molecule has 1 aliphatic rings. The smallest absolute Gasteiger partial charge is 0.212 e. The Morgan fingerprint density at radius 3 is 2.62 bits per heavy atom. The Bertz CT molecular complexity index is 639. The molecule has 2 heterocycles. The van der Waals surface area contributed by atoms with Crippen LogP contribution in [0, 0.1) is 3.57 Å². The first-order valence-corrected chi connectivity index (χ1v) is 8.10. The standard InChI is InChI=1S/C15H17IN4O/c1-21-11-7-6-10(8-18-11)15-19-13(9-4-2-3-5-9)12(16)14(17)20-15/h6-9H,2-5H2,1H3,(H2,17,19,20). The molecule has 0 bridgehead atoms. The Morgan fingerprint density at radius 2 is 2.00 bits per heavy atom. The molecule has 110 valence electrons. The Hall–Kier alpha value is -1.44. The molecule has 1 fully saturated rings. The van der Waals surface area contributed by atoms with E-state index in [1.54, 1.807) is 13.3 Å². The topological polar surface area (TPSA) is 73.9 Å². The SMILES string of the molecule is COc1ccc(-c2nc(N)c(I)c(C3CCCC3)n2)cn1. The van der Waals surface area contributed by atoms with Gasteiger partial charge in [-0.3, -0.25) is 0 Å². The third-order valence-electron chi connectivity index (χ3n) is 3.85. The van der Waals surface area contributed by atoms with E-state index >= 15 is 0 Å². The van der Waals surface area contributed by atoms with E-state index in [1.807, 2.05) is 12.1 Å². The van der Waals surface area contributed by atoms with Gasteiger partial charge in [0.25, 0.3) is 0 Å². The number of nitrogens with zero attached hydrogens (tertiary/aromatic N) is 3. The van der Waals surface area contributed by atoms with Crippen LogP contribution in [0.5, 0.6) is 5.88 Å². The minimum Gasteiger partial charge on any atom is -0.481 e. The fourth-order valence-corrected chi connectivity index (χ4v) is 3.40. The van der Waals surface area contributed by atoms with Crippen molar-refractivity contribution in [1.82, 2.24) is 15.0 Å². The van der Waals surface area contributed by atoms with Crippen molar-refractivity contribution >= 4 is 28.4 Å². The molecule has 21 heavy (non-hydrogen) atoms. The van der Waals surface area contributed by atoms with Crippen LogP contribution in [0.25, 0.3) is 11.4 Å². The number of methoxy groups -OCH3 is 1. The summed E-state index contributed by atoms with van der Waals surface area (Å²) in [7, 11) is 1.60. The zero-order valence-electron chi connectivity index (χ0n) is 11.8. The van der Waals surface area contributed by atoms with Crippen molar-refractivity contribution < 1.29 is 4.74 Å². The van der Waals surface area contributed by atoms with Gasteiger partial charge in [0.05, 0.1) is 16.4 Å². The number of ether oxygens (including phenoxy) is 1. The number of pyridine rings is 1. The lowest BCUT2D eigenvalue weighted by Crippen LogP contribution is -2.08. The molecule has 0 amide bonds. The third kappa shape index (κ3) is 2.95. The Balaban J connectivity index is 2.01. The molecule has 0 unspecified atom stereocenters. The van der Waals surface area contributed by atoms with Crippen molar-refractivity contribution in [3.05, 3.63) is 27.6 Å². The Labute approximate surface area is 137 Å². The van der Waals surface area contributed by atoms with Gasteiger partial charge in [0, 0.05) is 23.7 Å². The molecular weight excluding hydrogens is 379 g/mol. The van der Waals surface area contributed by atoms with Gasteiger partial charge >= 0.3 is 0 Å². The van der Waals surface area contributed by atoms with Crippen LogP contribution < -0.4 is 10.5 Å². The van der Waals surface area contributed by atoms with Crippen LogP contribution in [-0.4, -0.2) is 22.1 Å². The van der Waals surface area contributed by atoms with Crippen LogP contribution in [0.2, 0.25) is 0 Å². The van der Waals surface area contributed by atoms with Gasteiger partial charge in [0.15, 0.2) is 5.82 Å². The summed E-state index contributed by atoms with van der Waals surface area (Å²) in [4.78, 5) is 13.4. The van der Waals surface area contributed by atoms with E-state index in [-0.39, 0.29) is 0 Å². The first-order chi connectivity index (χ1) is 10.2. The van der Waals surface area contributed by atoms with E-state index in [4.69, 9.17) is 15.5 Å². The van der Waals surface area contributed by atoms with Crippen LogP contribution in [0.4, 0.5) is 5.82 Å². The third-order valence-corrected chi connectivity index (χ3v) is 4.95. The molecule has 2 N–H and O–H groups in total. The van der Waals surface area contributed by atoms with E-state index < -0.39 is 0 Å². The number of aromatic nitrogens is 3. The van der Waals surface area contributed by atoms with Gasteiger partial charge in [-0.1, -0.05) is 12.8 Å². The van der Waals surface area contributed by atoms with Crippen LogP contribution in [0.3, 0.4) is 0 Å². The van der Waals surface area contributed by atoms with Crippen molar-refractivity contribution in [2.45, 2.75) is 31.6 Å². The summed E-state index contributed by atoms with van der Waals surface area (Å²) in [6.45, 7) is 0. The lowest BCUT2D eigenvalue weighted by Gasteiger charge is -2.14. The quantitative estimate of drug-likeness (QED) is 0.806. The van der Waals surface area contributed by atoms with Gasteiger partial charge in [-0.2, -0.15) is 0 Å². The molecule has 1 saturated carbocycles. The van der Waals surface area contributed by atoms with E-state index in [0.29, 0.717) is 23.4 Å². The average molecular weight is 396 g/mol. The normalized spacial score (nSPS) is 15.3. The fraction of sp³-hybridized carbons (Fsp3) is 0.400. The predicted molar refractivity (Wildman–Crippen MR) is 90.2 cm³/mol. The van der Waals surface area contributed by atoms with Crippen molar-refractivity contribution in [2.24, 2.45) is 0 Å². The van der Waals surface area contributed by atoms with Gasteiger partial charge < -0.3 is 10.5 Å².